The zero-order valence-corrected chi connectivity index (χ0v) is 13.7. The molecule has 0 aromatic heterocycles. The van der Waals surface area contributed by atoms with Crippen LogP contribution < -0.4 is 10.5 Å². The molecule has 116 valence electrons. The first-order valence-electron chi connectivity index (χ1n) is 8.49. The monoisotopic (exact) mass is 287 g/mol. The van der Waals surface area contributed by atoms with Gasteiger partial charge in [0.15, 0.2) is 0 Å². The Bertz CT molecular complexity index is 502. The van der Waals surface area contributed by atoms with Gasteiger partial charge < -0.3 is 10.5 Å². The Morgan fingerprint density at radius 3 is 2.52 bits per heavy atom. The Balaban J connectivity index is 1.98. The molecule has 1 saturated carbocycles. The Labute approximate surface area is 129 Å². The molecular formula is C19H29NO. The number of methoxy groups -OCH3 is 1. The van der Waals surface area contributed by atoms with Gasteiger partial charge in [-0.3, -0.25) is 0 Å². The van der Waals surface area contributed by atoms with Crippen molar-refractivity contribution in [3.05, 3.63) is 29.3 Å². The van der Waals surface area contributed by atoms with E-state index in [9.17, 15) is 0 Å². The number of fused-ring (bicyclic) bond motifs is 1. The fraction of sp³-hybridized carbons (Fsp3) is 0.684. The molecule has 3 unspecified atom stereocenters. The fourth-order valence-electron chi connectivity index (χ4n) is 4.83. The van der Waals surface area contributed by atoms with Crippen molar-refractivity contribution >= 4 is 0 Å². The summed E-state index contributed by atoms with van der Waals surface area (Å²) < 4.78 is 5.45. The molecule has 0 bridgehead atoms. The van der Waals surface area contributed by atoms with E-state index >= 15 is 0 Å². The average Bonchev–Trinajstić information content (AvgIpc) is 2.46. The van der Waals surface area contributed by atoms with Crippen LogP contribution in [-0.4, -0.2) is 7.11 Å². The summed E-state index contributed by atoms with van der Waals surface area (Å²) in [5.41, 5.74) is 9.69. The molecule has 3 atom stereocenters. The molecule has 2 aliphatic rings. The lowest BCUT2D eigenvalue weighted by Crippen LogP contribution is -2.49. The largest absolute Gasteiger partial charge is 0.497 e. The maximum Gasteiger partial charge on any atom is 0.119 e. The van der Waals surface area contributed by atoms with E-state index in [1.54, 1.807) is 7.11 Å². The molecule has 1 fully saturated rings. The van der Waals surface area contributed by atoms with Crippen LogP contribution in [-0.2, 0) is 12.0 Å². The third-order valence-electron chi connectivity index (χ3n) is 5.76. The Kier molecular flexibility index (Phi) is 4.00. The molecule has 0 amide bonds. The van der Waals surface area contributed by atoms with Crippen molar-refractivity contribution in [3.63, 3.8) is 0 Å². The molecule has 0 radical (unpaired) electrons. The van der Waals surface area contributed by atoms with E-state index in [0.29, 0.717) is 5.92 Å². The minimum absolute atomic E-state index is 0.148. The van der Waals surface area contributed by atoms with Gasteiger partial charge in [-0.25, -0.2) is 0 Å². The molecule has 2 heteroatoms. The second kappa shape index (κ2) is 5.64. The summed E-state index contributed by atoms with van der Waals surface area (Å²) in [7, 11) is 1.74. The van der Waals surface area contributed by atoms with Crippen molar-refractivity contribution in [2.45, 2.75) is 57.9 Å². The van der Waals surface area contributed by atoms with Gasteiger partial charge in [0, 0.05) is 5.54 Å². The van der Waals surface area contributed by atoms with E-state index in [1.165, 1.54) is 36.8 Å². The van der Waals surface area contributed by atoms with Crippen molar-refractivity contribution in [2.24, 2.45) is 23.5 Å². The summed E-state index contributed by atoms with van der Waals surface area (Å²) in [4.78, 5) is 0. The van der Waals surface area contributed by atoms with Crippen LogP contribution in [0.3, 0.4) is 0 Å². The Hall–Kier alpha value is -1.02. The standard InChI is InChI=1S/C19H29NO/c1-13-9-14(2)11-16(10-13)19(20)8-4-5-15-6-7-17(21-3)12-18(15)19/h6-7,12-14,16H,4-5,8-11,20H2,1-3H3. The van der Waals surface area contributed by atoms with Gasteiger partial charge in [0.05, 0.1) is 7.11 Å². The van der Waals surface area contributed by atoms with E-state index in [0.717, 1.165) is 30.4 Å². The van der Waals surface area contributed by atoms with E-state index in [2.05, 4.69) is 32.0 Å². The molecule has 2 aliphatic carbocycles. The van der Waals surface area contributed by atoms with Crippen molar-refractivity contribution in [1.82, 2.24) is 0 Å². The summed E-state index contributed by atoms with van der Waals surface area (Å²) in [5, 5.41) is 0. The normalized spacial score (nSPS) is 36.1. The van der Waals surface area contributed by atoms with Crippen LogP contribution in [0.2, 0.25) is 0 Å². The first kappa shape index (κ1) is 14.9. The fourth-order valence-corrected chi connectivity index (χ4v) is 4.83. The highest BCUT2D eigenvalue weighted by molar-refractivity contribution is 5.42. The summed E-state index contributed by atoms with van der Waals surface area (Å²) >= 11 is 0. The van der Waals surface area contributed by atoms with Crippen LogP contribution in [0.1, 0.15) is 57.1 Å². The quantitative estimate of drug-likeness (QED) is 0.882. The predicted molar refractivity (Wildman–Crippen MR) is 87.5 cm³/mol. The van der Waals surface area contributed by atoms with Gasteiger partial charge >= 0.3 is 0 Å². The van der Waals surface area contributed by atoms with Gasteiger partial charge in [0.1, 0.15) is 5.75 Å². The van der Waals surface area contributed by atoms with Crippen LogP contribution in [0, 0.1) is 17.8 Å². The number of hydrogen-bond donors (Lipinski definition) is 1. The summed E-state index contributed by atoms with van der Waals surface area (Å²) in [6, 6.07) is 6.51. The lowest BCUT2D eigenvalue weighted by Gasteiger charge is -2.46. The van der Waals surface area contributed by atoms with Crippen LogP contribution in [0.15, 0.2) is 18.2 Å². The van der Waals surface area contributed by atoms with E-state index in [1.807, 2.05) is 0 Å². The maximum absolute atomic E-state index is 7.04. The Morgan fingerprint density at radius 1 is 1.14 bits per heavy atom. The van der Waals surface area contributed by atoms with E-state index < -0.39 is 0 Å². The summed E-state index contributed by atoms with van der Waals surface area (Å²) in [6.07, 6.45) is 7.41. The zero-order chi connectivity index (χ0) is 15.0. The lowest BCUT2D eigenvalue weighted by atomic mass is 9.62. The molecule has 1 aromatic rings. The molecule has 0 saturated heterocycles. The highest BCUT2D eigenvalue weighted by atomic mass is 16.5. The first-order valence-corrected chi connectivity index (χ1v) is 8.49. The van der Waals surface area contributed by atoms with Gasteiger partial charge in [-0.15, -0.1) is 0 Å². The van der Waals surface area contributed by atoms with E-state index in [4.69, 9.17) is 10.5 Å². The molecule has 21 heavy (non-hydrogen) atoms. The predicted octanol–water partition coefficient (Wildman–Crippen LogP) is 4.26. The van der Waals surface area contributed by atoms with Crippen LogP contribution >= 0.6 is 0 Å². The summed E-state index contributed by atoms with van der Waals surface area (Å²) in [6.45, 7) is 4.78. The molecule has 2 N–H and O–H groups in total. The van der Waals surface area contributed by atoms with Gasteiger partial charge in [-0.05, 0) is 79.5 Å². The van der Waals surface area contributed by atoms with E-state index in [-0.39, 0.29) is 5.54 Å². The topological polar surface area (TPSA) is 35.2 Å². The van der Waals surface area contributed by atoms with Gasteiger partial charge in [0.2, 0.25) is 0 Å². The number of rotatable bonds is 2. The van der Waals surface area contributed by atoms with Gasteiger partial charge in [0.25, 0.3) is 0 Å². The number of hydrogen-bond acceptors (Lipinski definition) is 2. The average molecular weight is 287 g/mol. The molecule has 1 aromatic carbocycles. The number of nitrogens with two attached hydrogens (primary N) is 1. The molecule has 0 aliphatic heterocycles. The maximum atomic E-state index is 7.04. The zero-order valence-electron chi connectivity index (χ0n) is 13.7. The van der Waals surface area contributed by atoms with Crippen molar-refractivity contribution in [2.75, 3.05) is 7.11 Å². The first-order chi connectivity index (χ1) is 10.0. The highest BCUT2D eigenvalue weighted by Crippen LogP contribution is 2.47. The van der Waals surface area contributed by atoms with Crippen LogP contribution in [0.4, 0.5) is 0 Å². The van der Waals surface area contributed by atoms with Crippen molar-refractivity contribution < 1.29 is 4.74 Å². The number of ether oxygens (including phenoxy) is 1. The lowest BCUT2D eigenvalue weighted by molar-refractivity contribution is 0.120. The minimum Gasteiger partial charge on any atom is -0.497 e. The van der Waals surface area contributed by atoms with Crippen LogP contribution in [0.25, 0.3) is 0 Å². The van der Waals surface area contributed by atoms with Crippen LogP contribution in [0.5, 0.6) is 5.75 Å². The second-order valence-corrected chi connectivity index (χ2v) is 7.53. The highest BCUT2D eigenvalue weighted by Gasteiger charge is 2.42. The third-order valence-corrected chi connectivity index (χ3v) is 5.76. The molecule has 0 heterocycles. The molecule has 2 nitrogen and oxygen atoms in total. The van der Waals surface area contributed by atoms with Gasteiger partial charge in [-0.2, -0.15) is 0 Å². The third kappa shape index (κ3) is 2.70. The summed E-state index contributed by atoms with van der Waals surface area (Å²) in [5.74, 6) is 3.16. The number of benzene rings is 1. The van der Waals surface area contributed by atoms with Crippen molar-refractivity contribution in [3.8, 4) is 5.75 Å². The second-order valence-electron chi connectivity index (χ2n) is 7.53. The minimum atomic E-state index is -0.148. The Morgan fingerprint density at radius 2 is 1.86 bits per heavy atom. The number of aryl methyl sites for hydroxylation is 1. The molecular weight excluding hydrogens is 258 g/mol. The smallest absolute Gasteiger partial charge is 0.119 e. The molecule has 0 spiro atoms. The molecule has 3 rings (SSSR count). The van der Waals surface area contributed by atoms with Gasteiger partial charge in [-0.1, -0.05) is 19.9 Å². The van der Waals surface area contributed by atoms with Crippen molar-refractivity contribution in [1.29, 1.82) is 0 Å². The SMILES string of the molecule is COc1ccc2c(c1)C(N)(C1CC(C)CC(C)C1)CCC2.